The topological polar surface area (TPSA) is 119 Å². The van der Waals surface area contributed by atoms with Crippen LogP contribution in [0.2, 0.25) is 0 Å². The van der Waals surface area contributed by atoms with Crippen LogP contribution >= 0.6 is 0 Å². The molecule has 0 saturated carbocycles. The van der Waals surface area contributed by atoms with Gasteiger partial charge in [0.05, 0.1) is 10.4 Å². The maximum absolute atomic E-state index is 12.0. The number of carbonyl (C=O) groups excluding carboxylic acids is 1. The summed E-state index contributed by atoms with van der Waals surface area (Å²) in [7, 11) is 0. The van der Waals surface area contributed by atoms with Crippen LogP contribution in [0, 0.1) is 17.0 Å². The molecule has 0 unspecified atom stereocenters. The van der Waals surface area contributed by atoms with Gasteiger partial charge in [0.15, 0.2) is 18.0 Å². The largest absolute Gasteiger partial charge is 0.493 e. The van der Waals surface area contributed by atoms with Crippen molar-refractivity contribution in [1.29, 1.82) is 0 Å². The summed E-state index contributed by atoms with van der Waals surface area (Å²) in [5.41, 5.74) is 1.71. The van der Waals surface area contributed by atoms with E-state index >= 15 is 0 Å². The van der Waals surface area contributed by atoms with Crippen molar-refractivity contribution in [3.05, 3.63) is 58.1 Å². The van der Waals surface area contributed by atoms with Crippen molar-refractivity contribution in [2.24, 2.45) is 10.2 Å². The summed E-state index contributed by atoms with van der Waals surface area (Å²) < 4.78 is 6.86. The molecule has 0 fully saturated rings. The number of nitrogens with zero attached hydrogens (tertiary/aromatic N) is 4. The third-order valence-corrected chi connectivity index (χ3v) is 4.16. The number of fused-ring (bicyclic) bond motifs is 1. The van der Waals surface area contributed by atoms with Crippen LogP contribution < -0.4 is 4.74 Å². The normalized spacial score (nSPS) is 11.2. The minimum atomic E-state index is -0.734. The first-order valence-electron chi connectivity index (χ1n) is 8.55. The number of aryl methyl sites for hydroxylation is 2. The van der Waals surface area contributed by atoms with E-state index in [2.05, 4.69) is 10.2 Å². The molecule has 144 valence electrons. The van der Waals surface area contributed by atoms with Crippen LogP contribution in [0.15, 0.2) is 52.7 Å². The van der Waals surface area contributed by atoms with Crippen molar-refractivity contribution in [1.82, 2.24) is 4.57 Å². The lowest BCUT2D eigenvalue weighted by Crippen LogP contribution is -2.09. The zero-order valence-electron chi connectivity index (χ0n) is 15.3. The summed E-state index contributed by atoms with van der Waals surface area (Å²) >= 11 is 0. The Bertz CT molecular complexity index is 1090. The number of amides is 1. The Balaban J connectivity index is 1.81. The van der Waals surface area contributed by atoms with Gasteiger partial charge < -0.3 is 14.4 Å². The second-order valence-electron chi connectivity index (χ2n) is 6.04. The van der Waals surface area contributed by atoms with Gasteiger partial charge in [-0.15, -0.1) is 10.2 Å². The Hall–Kier alpha value is -3.75. The Labute approximate surface area is 160 Å². The maximum Gasteiger partial charge on any atom is 0.310 e. The summed E-state index contributed by atoms with van der Waals surface area (Å²) in [4.78, 5) is 22.4. The number of azo groups is 1. The first-order chi connectivity index (χ1) is 13.4. The summed E-state index contributed by atoms with van der Waals surface area (Å²) in [6.45, 7) is 3.80. The molecule has 9 heteroatoms. The fourth-order valence-electron chi connectivity index (χ4n) is 2.86. The quantitative estimate of drug-likeness (QED) is 0.388. The minimum Gasteiger partial charge on any atom is -0.493 e. The lowest BCUT2D eigenvalue weighted by molar-refractivity contribution is -0.385. The first-order valence-corrected chi connectivity index (χ1v) is 8.55. The predicted molar refractivity (Wildman–Crippen MR) is 102 cm³/mol. The monoisotopic (exact) mass is 382 g/mol. The molecule has 0 spiro atoms. The van der Waals surface area contributed by atoms with Crippen LogP contribution in [-0.4, -0.2) is 27.1 Å². The maximum atomic E-state index is 12.0. The molecule has 0 saturated heterocycles. The van der Waals surface area contributed by atoms with Crippen LogP contribution in [0.4, 0.5) is 11.4 Å². The van der Waals surface area contributed by atoms with Crippen molar-refractivity contribution in [3.63, 3.8) is 0 Å². The fraction of sp³-hybridized carbons (Fsp3) is 0.211. The zero-order chi connectivity index (χ0) is 20.3. The third kappa shape index (κ3) is 3.68. The van der Waals surface area contributed by atoms with Gasteiger partial charge in [-0.3, -0.25) is 14.9 Å². The highest BCUT2D eigenvalue weighted by Gasteiger charge is 2.17. The molecule has 1 amide bonds. The molecular formula is C19H18N4O5. The molecule has 9 nitrogen and oxygen atoms in total. The van der Waals surface area contributed by atoms with Gasteiger partial charge in [0.25, 0.3) is 0 Å². The van der Waals surface area contributed by atoms with E-state index < -0.39 is 17.4 Å². The van der Waals surface area contributed by atoms with E-state index in [1.165, 1.54) is 18.2 Å². The number of hydrogen-bond acceptors (Lipinski definition) is 6. The molecule has 3 aromatic rings. The third-order valence-electron chi connectivity index (χ3n) is 4.16. The molecule has 28 heavy (non-hydrogen) atoms. The van der Waals surface area contributed by atoms with Gasteiger partial charge in [0, 0.05) is 18.0 Å². The molecule has 1 N–H and O–H groups in total. The second-order valence-corrected chi connectivity index (χ2v) is 6.04. The Kier molecular flexibility index (Phi) is 5.35. The highest BCUT2D eigenvalue weighted by molar-refractivity contribution is 5.95. The van der Waals surface area contributed by atoms with Gasteiger partial charge in [-0.1, -0.05) is 23.8 Å². The number of aromatic nitrogens is 1. The van der Waals surface area contributed by atoms with Crippen LogP contribution in [0.25, 0.3) is 10.9 Å². The van der Waals surface area contributed by atoms with Gasteiger partial charge >= 0.3 is 11.6 Å². The molecule has 2 aromatic carbocycles. The van der Waals surface area contributed by atoms with E-state index in [-0.39, 0.29) is 23.0 Å². The number of carbonyl (C=O) groups is 1. The smallest absolute Gasteiger partial charge is 0.310 e. The number of rotatable bonds is 6. The molecular weight excluding hydrogens is 364 g/mol. The van der Waals surface area contributed by atoms with Crippen LogP contribution in [0.1, 0.15) is 12.5 Å². The standard InChI is InChI=1S/C19H18N4O5/c1-3-22-14-9-8-12(2)10-13(14)18(19(22)25)21-20-17(24)11-28-16-7-5-4-6-15(16)23(26)27/h4-10,25H,3,11H2,1-2H3. The van der Waals surface area contributed by atoms with Gasteiger partial charge in [0.1, 0.15) is 0 Å². The predicted octanol–water partition coefficient (Wildman–Crippen LogP) is 4.27. The van der Waals surface area contributed by atoms with Crippen LogP contribution in [0.3, 0.4) is 0 Å². The van der Waals surface area contributed by atoms with Crippen molar-refractivity contribution in [2.45, 2.75) is 20.4 Å². The van der Waals surface area contributed by atoms with E-state index in [1.807, 2.05) is 32.0 Å². The first kappa shape index (κ1) is 19.0. The highest BCUT2D eigenvalue weighted by atomic mass is 16.6. The SMILES string of the molecule is CCn1c(O)c(N=NC(=O)COc2ccccc2[N+](=O)[O-])c2cc(C)ccc21. The molecule has 0 atom stereocenters. The van der Waals surface area contributed by atoms with E-state index in [4.69, 9.17) is 4.74 Å². The number of aromatic hydroxyl groups is 1. The average molecular weight is 382 g/mol. The Morgan fingerprint density at radius 2 is 2.04 bits per heavy atom. The van der Waals surface area contributed by atoms with Crippen LogP contribution in [-0.2, 0) is 11.3 Å². The number of para-hydroxylation sites is 2. The molecule has 0 bridgehead atoms. The van der Waals surface area contributed by atoms with Gasteiger partial charge in [-0.25, -0.2) is 0 Å². The summed E-state index contributed by atoms with van der Waals surface area (Å²) in [6.07, 6.45) is 0. The fourth-order valence-corrected chi connectivity index (χ4v) is 2.86. The molecule has 3 rings (SSSR count). The van der Waals surface area contributed by atoms with Gasteiger partial charge in [-0.05, 0) is 32.0 Å². The molecule has 0 aliphatic rings. The number of ether oxygens (including phenoxy) is 1. The summed E-state index contributed by atoms with van der Waals surface area (Å²) in [5.74, 6) is -0.848. The summed E-state index contributed by atoms with van der Waals surface area (Å²) in [6, 6.07) is 11.4. The number of hydrogen-bond donors (Lipinski definition) is 1. The highest BCUT2D eigenvalue weighted by Crippen LogP contribution is 2.39. The molecule has 0 aliphatic heterocycles. The number of benzene rings is 2. The van der Waals surface area contributed by atoms with Gasteiger partial charge in [0.2, 0.25) is 5.88 Å². The van der Waals surface area contributed by atoms with E-state index in [0.717, 1.165) is 11.1 Å². The van der Waals surface area contributed by atoms with E-state index in [9.17, 15) is 20.0 Å². The second kappa shape index (κ2) is 7.87. The molecule has 1 heterocycles. The lowest BCUT2D eigenvalue weighted by atomic mass is 10.1. The van der Waals surface area contributed by atoms with E-state index in [0.29, 0.717) is 11.9 Å². The van der Waals surface area contributed by atoms with Crippen molar-refractivity contribution >= 4 is 28.2 Å². The van der Waals surface area contributed by atoms with Gasteiger partial charge in [-0.2, -0.15) is 0 Å². The zero-order valence-corrected chi connectivity index (χ0v) is 15.3. The van der Waals surface area contributed by atoms with Crippen molar-refractivity contribution in [3.8, 4) is 11.6 Å². The van der Waals surface area contributed by atoms with Crippen LogP contribution in [0.5, 0.6) is 11.6 Å². The summed E-state index contributed by atoms with van der Waals surface area (Å²) in [5, 5.41) is 29.6. The Morgan fingerprint density at radius 3 is 2.75 bits per heavy atom. The number of nitro benzene ring substituents is 1. The van der Waals surface area contributed by atoms with E-state index in [1.54, 1.807) is 10.6 Å². The van der Waals surface area contributed by atoms with Crippen molar-refractivity contribution in [2.75, 3.05) is 6.61 Å². The molecule has 0 aliphatic carbocycles. The average Bonchev–Trinajstić information content (AvgIpc) is 2.94. The minimum absolute atomic E-state index is 0.0305. The number of nitro groups is 1. The Morgan fingerprint density at radius 1 is 1.29 bits per heavy atom. The van der Waals surface area contributed by atoms with Crippen molar-refractivity contribution < 1.29 is 19.6 Å². The molecule has 0 radical (unpaired) electrons. The molecule has 1 aromatic heterocycles. The lowest BCUT2D eigenvalue weighted by Gasteiger charge is -2.03.